The third-order valence-electron chi connectivity index (χ3n) is 4.45. The average Bonchev–Trinajstić information content (AvgIpc) is 3.05. The van der Waals surface area contributed by atoms with Gasteiger partial charge in [0.05, 0.1) is 62.6 Å². The van der Waals surface area contributed by atoms with Crippen molar-refractivity contribution in [2.45, 2.75) is 9.79 Å². The maximum atomic E-state index is 13.1. The van der Waals surface area contributed by atoms with Gasteiger partial charge >= 0.3 is 0 Å². The summed E-state index contributed by atoms with van der Waals surface area (Å²) in [6.45, 7) is 2.24. The van der Waals surface area contributed by atoms with E-state index in [0.717, 1.165) is 9.79 Å². The molecule has 0 radical (unpaired) electrons. The maximum Gasteiger partial charge on any atom is 0.268 e. The second-order valence-corrected chi connectivity index (χ2v) is 8.98. The van der Waals surface area contributed by atoms with Crippen LogP contribution in [0.15, 0.2) is 80.3 Å². The lowest BCUT2D eigenvalue weighted by atomic mass is 10.4. The Hall–Kier alpha value is -2.14. The standard InChI is InChI=1S/C24H27NO6S2/c26-12-14-30-16-18-31-17-15-29-13-11-25-23(27)21(32-19-7-3-1-4-8-19)22(24(25)28)33-20-9-5-2-6-10-20/h1-10,26H,11-18H2. The number of benzene rings is 2. The zero-order valence-corrected chi connectivity index (χ0v) is 19.8. The number of imide groups is 1. The van der Waals surface area contributed by atoms with Crippen LogP contribution in [0.3, 0.4) is 0 Å². The van der Waals surface area contributed by atoms with E-state index >= 15 is 0 Å². The fraction of sp³-hybridized carbons (Fsp3) is 0.333. The summed E-state index contributed by atoms with van der Waals surface area (Å²) >= 11 is 2.62. The van der Waals surface area contributed by atoms with Gasteiger partial charge in [0.15, 0.2) is 0 Å². The summed E-state index contributed by atoms with van der Waals surface area (Å²) in [4.78, 5) is 30.2. The number of carbonyl (C=O) groups is 2. The molecule has 1 aliphatic heterocycles. The van der Waals surface area contributed by atoms with E-state index in [1.54, 1.807) is 0 Å². The van der Waals surface area contributed by atoms with Gasteiger partial charge < -0.3 is 19.3 Å². The van der Waals surface area contributed by atoms with Gasteiger partial charge in [-0.3, -0.25) is 14.5 Å². The number of hydrogen-bond donors (Lipinski definition) is 1. The minimum Gasteiger partial charge on any atom is -0.394 e. The predicted molar refractivity (Wildman–Crippen MR) is 128 cm³/mol. The van der Waals surface area contributed by atoms with Crippen LogP contribution in [-0.4, -0.2) is 74.6 Å². The van der Waals surface area contributed by atoms with Crippen molar-refractivity contribution in [3.63, 3.8) is 0 Å². The topological polar surface area (TPSA) is 85.3 Å². The molecular weight excluding hydrogens is 462 g/mol. The lowest BCUT2D eigenvalue weighted by Crippen LogP contribution is -2.34. The van der Waals surface area contributed by atoms with Crippen LogP contribution in [0.25, 0.3) is 0 Å². The van der Waals surface area contributed by atoms with Gasteiger partial charge in [0, 0.05) is 9.79 Å². The van der Waals surface area contributed by atoms with Crippen LogP contribution in [0.2, 0.25) is 0 Å². The minimum atomic E-state index is -0.298. The molecular formula is C24H27NO6S2. The molecule has 0 aromatic heterocycles. The first-order chi connectivity index (χ1) is 16.2. The fourth-order valence-corrected chi connectivity index (χ4v) is 4.95. The van der Waals surface area contributed by atoms with Crippen molar-refractivity contribution in [1.29, 1.82) is 0 Å². The van der Waals surface area contributed by atoms with Crippen molar-refractivity contribution in [1.82, 2.24) is 4.90 Å². The van der Waals surface area contributed by atoms with Crippen molar-refractivity contribution in [2.75, 3.05) is 52.8 Å². The van der Waals surface area contributed by atoms with E-state index in [4.69, 9.17) is 19.3 Å². The highest BCUT2D eigenvalue weighted by molar-refractivity contribution is 8.08. The second-order valence-electron chi connectivity index (χ2n) is 6.81. The Bertz CT molecular complexity index is 860. The van der Waals surface area contributed by atoms with Gasteiger partial charge in [-0.15, -0.1) is 0 Å². The Balaban J connectivity index is 1.54. The first-order valence-corrected chi connectivity index (χ1v) is 12.2. The van der Waals surface area contributed by atoms with Crippen LogP contribution in [0.1, 0.15) is 0 Å². The first kappa shape index (κ1) is 25.5. The Morgan fingerprint density at radius 3 is 1.52 bits per heavy atom. The number of hydrogen-bond acceptors (Lipinski definition) is 8. The van der Waals surface area contributed by atoms with Crippen LogP contribution in [0.4, 0.5) is 0 Å². The molecule has 1 heterocycles. The predicted octanol–water partition coefficient (Wildman–Crippen LogP) is 3.19. The number of nitrogens with zero attached hydrogens (tertiary/aromatic N) is 1. The number of aliphatic hydroxyl groups excluding tert-OH is 1. The van der Waals surface area contributed by atoms with E-state index in [9.17, 15) is 9.59 Å². The SMILES string of the molecule is O=C1C(Sc2ccccc2)=C(Sc2ccccc2)C(=O)N1CCOCCOCCOCCO. The molecule has 0 aliphatic carbocycles. The highest BCUT2D eigenvalue weighted by Crippen LogP contribution is 2.42. The van der Waals surface area contributed by atoms with Gasteiger partial charge in [-0.2, -0.15) is 0 Å². The zero-order valence-electron chi connectivity index (χ0n) is 18.2. The number of thioether (sulfide) groups is 2. The monoisotopic (exact) mass is 489 g/mol. The number of rotatable bonds is 15. The summed E-state index contributed by atoms with van der Waals surface area (Å²) < 4.78 is 16.0. The summed E-state index contributed by atoms with van der Waals surface area (Å²) in [5, 5.41) is 8.63. The largest absolute Gasteiger partial charge is 0.394 e. The molecule has 176 valence electrons. The minimum absolute atomic E-state index is 0.0109. The molecule has 33 heavy (non-hydrogen) atoms. The van der Waals surface area contributed by atoms with E-state index < -0.39 is 0 Å². The molecule has 0 saturated heterocycles. The van der Waals surface area contributed by atoms with Gasteiger partial charge in [0.2, 0.25) is 0 Å². The zero-order chi connectivity index (χ0) is 23.3. The Labute approximate surface area is 202 Å². The van der Waals surface area contributed by atoms with E-state index in [1.165, 1.54) is 28.4 Å². The molecule has 3 rings (SSSR count). The molecule has 0 atom stereocenters. The van der Waals surface area contributed by atoms with Crippen molar-refractivity contribution < 1.29 is 28.9 Å². The van der Waals surface area contributed by atoms with Gasteiger partial charge in [-0.1, -0.05) is 59.9 Å². The van der Waals surface area contributed by atoms with Crippen LogP contribution < -0.4 is 0 Å². The first-order valence-electron chi connectivity index (χ1n) is 10.6. The van der Waals surface area contributed by atoms with Crippen LogP contribution in [0.5, 0.6) is 0 Å². The highest BCUT2D eigenvalue weighted by Gasteiger charge is 2.39. The number of aliphatic hydroxyl groups is 1. The second kappa shape index (κ2) is 14.2. The molecule has 9 heteroatoms. The normalized spacial score (nSPS) is 13.9. The quantitative estimate of drug-likeness (QED) is 0.302. The van der Waals surface area contributed by atoms with Crippen molar-refractivity contribution >= 4 is 35.3 Å². The maximum absolute atomic E-state index is 13.1. The van der Waals surface area contributed by atoms with Crippen molar-refractivity contribution in [2.24, 2.45) is 0 Å². The lowest BCUT2D eigenvalue weighted by molar-refractivity contribution is -0.138. The molecule has 7 nitrogen and oxygen atoms in total. The smallest absolute Gasteiger partial charge is 0.268 e. The molecule has 2 aromatic carbocycles. The highest BCUT2D eigenvalue weighted by atomic mass is 32.2. The summed E-state index contributed by atoms with van der Waals surface area (Å²) in [6, 6.07) is 19.1. The fourth-order valence-electron chi connectivity index (χ4n) is 2.89. The number of carbonyl (C=O) groups excluding carboxylic acids is 2. The van der Waals surface area contributed by atoms with Crippen LogP contribution >= 0.6 is 23.5 Å². The van der Waals surface area contributed by atoms with E-state index in [2.05, 4.69) is 0 Å². The third-order valence-corrected chi connectivity index (χ3v) is 6.76. The van der Waals surface area contributed by atoms with Crippen LogP contribution in [0, 0.1) is 0 Å². The average molecular weight is 490 g/mol. The molecule has 2 aromatic rings. The summed E-state index contributed by atoms with van der Waals surface area (Å²) in [5.41, 5.74) is 0. The van der Waals surface area contributed by atoms with Gasteiger partial charge in [0.1, 0.15) is 0 Å². The molecule has 1 aliphatic rings. The lowest BCUT2D eigenvalue weighted by Gasteiger charge is -2.15. The van der Waals surface area contributed by atoms with E-state index in [0.29, 0.717) is 42.8 Å². The van der Waals surface area contributed by atoms with Gasteiger partial charge in [0.25, 0.3) is 11.8 Å². The number of amides is 2. The van der Waals surface area contributed by atoms with Gasteiger partial charge in [-0.25, -0.2) is 0 Å². The summed E-state index contributed by atoms with van der Waals surface area (Å²) in [6.07, 6.45) is 0. The van der Waals surface area contributed by atoms with Crippen LogP contribution in [-0.2, 0) is 23.8 Å². The molecule has 0 saturated carbocycles. The summed E-state index contributed by atoms with van der Waals surface area (Å²) in [5.74, 6) is -0.596. The van der Waals surface area contributed by atoms with Gasteiger partial charge in [-0.05, 0) is 24.3 Å². The van der Waals surface area contributed by atoms with E-state index in [1.807, 2.05) is 60.7 Å². The Morgan fingerprint density at radius 1 is 0.636 bits per heavy atom. The molecule has 1 N–H and O–H groups in total. The third kappa shape index (κ3) is 7.99. The van der Waals surface area contributed by atoms with Crippen molar-refractivity contribution in [3.05, 3.63) is 70.5 Å². The number of ether oxygens (including phenoxy) is 3. The molecule has 0 spiro atoms. The summed E-state index contributed by atoms with van der Waals surface area (Å²) in [7, 11) is 0. The molecule has 2 amide bonds. The molecule has 0 unspecified atom stereocenters. The Morgan fingerprint density at radius 2 is 1.06 bits per heavy atom. The molecule has 0 fully saturated rings. The van der Waals surface area contributed by atoms with Crippen molar-refractivity contribution in [3.8, 4) is 0 Å². The molecule has 0 bridgehead atoms. The van der Waals surface area contributed by atoms with E-state index in [-0.39, 0.29) is 31.6 Å². The Kier molecular flexibility index (Phi) is 11.0.